The molecule has 2 aromatic heterocycles. The highest BCUT2D eigenvalue weighted by Crippen LogP contribution is 2.16. The van der Waals surface area contributed by atoms with E-state index >= 15 is 0 Å². The third kappa shape index (κ3) is 4.61. The lowest BCUT2D eigenvalue weighted by Gasteiger charge is -2.35. The zero-order chi connectivity index (χ0) is 20.1. The average Bonchev–Trinajstić information content (AvgIpc) is 2.78. The second-order valence-electron chi connectivity index (χ2n) is 7.05. The Morgan fingerprint density at radius 2 is 1.69 bits per heavy atom. The minimum atomic E-state index is -0.00212. The van der Waals surface area contributed by atoms with E-state index < -0.39 is 0 Å². The molecule has 3 aromatic rings. The van der Waals surface area contributed by atoms with E-state index in [1.54, 1.807) is 12.4 Å². The third-order valence-electron chi connectivity index (χ3n) is 4.90. The fourth-order valence-corrected chi connectivity index (χ4v) is 3.31. The number of carbonyl (C=O) groups excluding carboxylic acids is 1. The van der Waals surface area contributed by atoms with Gasteiger partial charge in [-0.15, -0.1) is 0 Å². The first-order chi connectivity index (χ1) is 14.2. The Hall–Kier alpha value is -3.65. The predicted octanol–water partition coefficient (Wildman–Crippen LogP) is 3.15. The fraction of sp³-hybridized carbons (Fsp3) is 0.208. The Kier molecular flexibility index (Phi) is 5.53. The quantitative estimate of drug-likeness (QED) is 0.639. The molecule has 0 N–H and O–H groups in total. The Labute approximate surface area is 171 Å². The van der Waals surface area contributed by atoms with Crippen molar-refractivity contribution in [2.45, 2.75) is 6.92 Å². The summed E-state index contributed by atoms with van der Waals surface area (Å²) in [6.45, 7) is 4.92. The first kappa shape index (κ1) is 18.7. The number of nitrogens with zero attached hydrogens (tertiary/aromatic N) is 4. The van der Waals surface area contributed by atoms with E-state index in [9.17, 15) is 4.79 Å². The number of anilines is 1. The lowest BCUT2D eigenvalue weighted by Crippen LogP contribution is -2.49. The minimum absolute atomic E-state index is 0.00212. The van der Waals surface area contributed by atoms with Crippen LogP contribution in [0.3, 0.4) is 0 Å². The largest absolute Gasteiger partial charge is 0.353 e. The Morgan fingerprint density at radius 1 is 0.931 bits per heavy atom. The average molecular weight is 382 g/mol. The molecule has 1 saturated heterocycles. The van der Waals surface area contributed by atoms with Crippen LogP contribution in [0.15, 0.2) is 67.1 Å². The van der Waals surface area contributed by atoms with Gasteiger partial charge in [0.15, 0.2) is 0 Å². The highest BCUT2D eigenvalue weighted by atomic mass is 16.2. The van der Waals surface area contributed by atoms with Crippen LogP contribution < -0.4 is 4.90 Å². The van der Waals surface area contributed by atoms with Crippen LogP contribution in [0, 0.1) is 18.8 Å². The van der Waals surface area contributed by atoms with Crippen LogP contribution in [0.1, 0.15) is 27.0 Å². The van der Waals surface area contributed by atoms with Crippen LogP contribution in [0.4, 0.5) is 5.82 Å². The van der Waals surface area contributed by atoms with Gasteiger partial charge in [-0.2, -0.15) is 0 Å². The van der Waals surface area contributed by atoms with Gasteiger partial charge in [0.05, 0.1) is 5.56 Å². The zero-order valence-corrected chi connectivity index (χ0v) is 16.4. The van der Waals surface area contributed by atoms with Crippen molar-refractivity contribution >= 4 is 11.7 Å². The van der Waals surface area contributed by atoms with E-state index in [0.717, 1.165) is 30.0 Å². The van der Waals surface area contributed by atoms with Crippen molar-refractivity contribution in [1.29, 1.82) is 0 Å². The highest BCUT2D eigenvalue weighted by Gasteiger charge is 2.23. The summed E-state index contributed by atoms with van der Waals surface area (Å²) in [7, 11) is 0. The maximum Gasteiger partial charge on any atom is 0.255 e. The van der Waals surface area contributed by atoms with Crippen molar-refractivity contribution in [3.8, 4) is 11.8 Å². The number of carbonyl (C=O) groups is 1. The second-order valence-corrected chi connectivity index (χ2v) is 7.05. The molecule has 1 amide bonds. The van der Waals surface area contributed by atoms with Gasteiger partial charge in [-0.05, 0) is 42.8 Å². The summed E-state index contributed by atoms with van der Waals surface area (Å²) in [6, 6.07) is 15.7. The molecule has 4 rings (SSSR count). The van der Waals surface area contributed by atoms with E-state index in [1.165, 1.54) is 5.56 Å². The van der Waals surface area contributed by atoms with Crippen LogP contribution >= 0.6 is 0 Å². The number of benzene rings is 1. The third-order valence-corrected chi connectivity index (χ3v) is 4.90. The number of pyridine rings is 2. The monoisotopic (exact) mass is 382 g/mol. The standard InChI is InChI=1S/C24H22N4O/c1-19-9-10-26-23(15-19)27-11-13-28(14-12-27)24(29)22-16-21(17-25-18-22)8-7-20-5-3-2-4-6-20/h2-6,9-10,15-18H,11-14H2,1H3. The van der Waals surface area contributed by atoms with Crippen LogP contribution in [0.5, 0.6) is 0 Å². The molecule has 1 fully saturated rings. The van der Waals surface area contributed by atoms with Gasteiger partial charge in [0.2, 0.25) is 0 Å². The van der Waals surface area contributed by atoms with E-state index in [-0.39, 0.29) is 5.91 Å². The van der Waals surface area contributed by atoms with E-state index in [0.29, 0.717) is 18.7 Å². The van der Waals surface area contributed by atoms with Gasteiger partial charge in [-0.1, -0.05) is 30.0 Å². The molecule has 1 aliphatic rings. The molecule has 5 heteroatoms. The second kappa shape index (κ2) is 8.57. The summed E-state index contributed by atoms with van der Waals surface area (Å²) < 4.78 is 0. The Balaban J connectivity index is 1.42. The van der Waals surface area contributed by atoms with Crippen molar-refractivity contribution < 1.29 is 4.79 Å². The minimum Gasteiger partial charge on any atom is -0.353 e. The van der Waals surface area contributed by atoms with Gasteiger partial charge in [0.25, 0.3) is 5.91 Å². The van der Waals surface area contributed by atoms with Gasteiger partial charge >= 0.3 is 0 Å². The number of amides is 1. The van der Waals surface area contributed by atoms with Crippen LogP contribution in [-0.4, -0.2) is 47.0 Å². The number of aromatic nitrogens is 2. The van der Waals surface area contributed by atoms with Crippen molar-refractivity contribution in [2.24, 2.45) is 0 Å². The fourth-order valence-electron chi connectivity index (χ4n) is 3.31. The molecule has 3 heterocycles. The molecule has 1 aromatic carbocycles. The maximum atomic E-state index is 12.9. The molecule has 0 saturated carbocycles. The van der Waals surface area contributed by atoms with Crippen LogP contribution in [0.25, 0.3) is 0 Å². The van der Waals surface area contributed by atoms with E-state index in [1.807, 2.05) is 53.6 Å². The molecule has 5 nitrogen and oxygen atoms in total. The molecule has 29 heavy (non-hydrogen) atoms. The first-order valence-electron chi connectivity index (χ1n) is 9.68. The lowest BCUT2D eigenvalue weighted by atomic mass is 10.1. The van der Waals surface area contributed by atoms with Crippen LogP contribution in [-0.2, 0) is 0 Å². The van der Waals surface area contributed by atoms with Gasteiger partial charge in [-0.3, -0.25) is 9.78 Å². The number of hydrogen-bond acceptors (Lipinski definition) is 4. The molecular weight excluding hydrogens is 360 g/mol. The van der Waals surface area contributed by atoms with Crippen molar-refractivity contribution in [3.05, 3.63) is 89.4 Å². The number of hydrogen-bond donors (Lipinski definition) is 0. The number of aryl methyl sites for hydroxylation is 1. The van der Waals surface area contributed by atoms with Gasteiger partial charge in [-0.25, -0.2) is 4.98 Å². The lowest BCUT2D eigenvalue weighted by molar-refractivity contribution is 0.0746. The van der Waals surface area contributed by atoms with Crippen molar-refractivity contribution in [1.82, 2.24) is 14.9 Å². The van der Waals surface area contributed by atoms with Crippen molar-refractivity contribution in [2.75, 3.05) is 31.1 Å². The summed E-state index contributed by atoms with van der Waals surface area (Å²) >= 11 is 0. The summed E-state index contributed by atoms with van der Waals surface area (Å²) in [5.41, 5.74) is 3.44. The van der Waals surface area contributed by atoms with Gasteiger partial charge in [0.1, 0.15) is 5.82 Å². The summed E-state index contributed by atoms with van der Waals surface area (Å²) in [6.07, 6.45) is 5.13. The summed E-state index contributed by atoms with van der Waals surface area (Å²) in [4.78, 5) is 25.7. The highest BCUT2D eigenvalue weighted by molar-refractivity contribution is 5.94. The first-order valence-corrected chi connectivity index (χ1v) is 9.68. The topological polar surface area (TPSA) is 49.3 Å². The molecule has 0 spiro atoms. The zero-order valence-electron chi connectivity index (χ0n) is 16.4. The van der Waals surface area contributed by atoms with Crippen molar-refractivity contribution in [3.63, 3.8) is 0 Å². The van der Waals surface area contributed by atoms with Gasteiger partial charge < -0.3 is 9.80 Å². The molecule has 0 unspecified atom stereocenters. The molecule has 0 aliphatic carbocycles. The normalized spacial score (nSPS) is 13.6. The Morgan fingerprint density at radius 3 is 2.45 bits per heavy atom. The van der Waals surface area contributed by atoms with E-state index in [2.05, 4.69) is 39.7 Å². The molecule has 144 valence electrons. The van der Waals surface area contributed by atoms with Gasteiger partial charge in [0, 0.05) is 55.9 Å². The Bertz CT molecular complexity index is 1060. The SMILES string of the molecule is Cc1ccnc(N2CCN(C(=O)c3cncc(C#Cc4ccccc4)c3)CC2)c1. The molecular formula is C24H22N4O. The number of rotatable bonds is 2. The molecule has 1 aliphatic heterocycles. The smallest absolute Gasteiger partial charge is 0.255 e. The molecule has 0 bridgehead atoms. The molecule has 0 atom stereocenters. The number of piperazine rings is 1. The van der Waals surface area contributed by atoms with E-state index in [4.69, 9.17) is 0 Å². The predicted molar refractivity (Wildman–Crippen MR) is 114 cm³/mol. The maximum absolute atomic E-state index is 12.9. The van der Waals surface area contributed by atoms with Crippen LogP contribution in [0.2, 0.25) is 0 Å². The summed E-state index contributed by atoms with van der Waals surface area (Å²) in [5.74, 6) is 7.17. The molecule has 0 radical (unpaired) electrons. The summed E-state index contributed by atoms with van der Waals surface area (Å²) in [5, 5.41) is 0.